The number of carbonyl (C=O) groups is 1. The Morgan fingerprint density at radius 1 is 1.45 bits per heavy atom. The number of aromatic amines is 1. The molecule has 0 atom stereocenters. The van der Waals surface area contributed by atoms with E-state index in [1.54, 1.807) is 0 Å². The molecule has 0 saturated carbocycles. The topological polar surface area (TPSA) is 96.7 Å². The van der Waals surface area contributed by atoms with Gasteiger partial charge in [-0.2, -0.15) is 4.98 Å². The Labute approximate surface area is 121 Å². The Balaban J connectivity index is 1.94. The Morgan fingerprint density at radius 2 is 2.20 bits per heavy atom. The van der Waals surface area contributed by atoms with Crippen molar-refractivity contribution in [3.05, 3.63) is 29.8 Å². The van der Waals surface area contributed by atoms with Crippen LogP contribution < -0.4 is 11.1 Å². The summed E-state index contributed by atoms with van der Waals surface area (Å²) < 4.78 is 0. The van der Waals surface area contributed by atoms with E-state index in [1.807, 2.05) is 24.3 Å². The lowest BCUT2D eigenvalue weighted by molar-refractivity contribution is -0.113. The lowest BCUT2D eigenvalue weighted by Gasteiger charge is -2.13. The van der Waals surface area contributed by atoms with Crippen molar-refractivity contribution < 1.29 is 4.79 Å². The van der Waals surface area contributed by atoms with E-state index < -0.39 is 0 Å². The van der Waals surface area contributed by atoms with E-state index in [4.69, 9.17) is 5.73 Å². The molecule has 0 saturated heterocycles. The zero-order valence-corrected chi connectivity index (χ0v) is 12.2. The lowest BCUT2D eigenvalue weighted by atomic mass is 10.0. The maximum atomic E-state index is 11.9. The van der Waals surface area contributed by atoms with Gasteiger partial charge in [-0.1, -0.05) is 43.8 Å². The predicted molar refractivity (Wildman–Crippen MR) is 80.7 cm³/mol. The molecule has 0 aliphatic rings. The number of H-pyrrole nitrogens is 1. The normalized spacial score (nSPS) is 10.8. The number of anilines is 2. The van der Waals surface area contributed by atoms with Gasteiger partial charge in [0.2, 0.25) is 17.0 Å². The average molecular weight is 291 g/mol. The van der Waals surface area contributed by atoms with Crippen LogP contribution in [0.25, 0.3) is 0 Å². The number of nitrogens with one attached hydrogen (secondary N) is 2. The quantitative estimate of drug-likeness (QED) is 0.734. The van der Waals surface area contributed by atoms with Gasteiger partial charge < -0.3 is 11.1 Å². The maximum Gasteiger partial charge on any atom is 0.234 e. The summed E-state index contributed by atoms with van der Waals surface area (Å²) in [5.41, 5.74) is 7.39. The minimum atomic E-state index is -0.0912. The summed E-state index contributed by atoms with van der Waals surface area (Å²) in [4.78, 5) is 15.9. The molecule has 0 unspecified atom stereocenters. The summed E-state index contributed by atoms with van der Waals surface area (Å²) in [5, 5.41) is 9.77. The van der Waals surface area contributed by atoms with E-state index in [0.717, 1.165) is 11.3 Å². The van der Waals surface area contributed by atoms with Gasteiger partial charge in [-0.05, 0) is 17.5 Å². The number of nitrogens with zero attached hydrogens (tertiary/aromatic N) is 2. The first-order chi connectivity index (χ1) is 9.56. The van der Waals surface area contributed by atoms with Crippen LogP contribution in [-0.2, 0) is 4.79 Å². The number of carbonyl (C=O) groups excluding carboxylic acids is 1. The molecule has 1 heterocycles. The molecule has 0 fully saturated rings. The molecule has 20 heavy (non-hydrogen) atoms. The molecule has 2 aromatic rings. The second-order valence-electron chi connectivity index (χ2n) is 4.58. The molecule has 0 aliphatic carbocycles. The Bertz CT molecular complexity index is 596. The highest BCUT2D eigenvalue weighted by atomic mass is 32.2. The summed E-state index contributed by atoms with van der Waals surface area (Å²) in [6.45, 7) is 4.19. The van der Waals surface area contributed by atoms with Gasteiger partial charge in [-0.3, -0.25) is 4.79 Å². The van der Waals surface area contributed by atoms with Crippen LogP contribution >= 0.6 is 11.8 Å². The third-order valence-corrected chi connectivity index (χ3v) is 3.52. The monoisotopic (exact) mass is 291 g/mol. The average Bonchev–Trinajstić information content (AvgIpc) is 2.83. The molecule has 1 aromatic carbocycles. The summed E-state index contributed by atoms with van der Waals surface area (Å²) >= 11 is 1.24. The van der Waals surface area contributed by atoms with E-state index in [0.29, 0.717) is 11.1 Å². The molecule has 106 valence electrons. The van der Waals surface area contributed by atoms with Gasteiger partial charge in [0.05, 0.1) is 5.75 Å². The van der Waals surface area contributed by atoms with Crippen LogP contribution in [0.15, 0.2) is 29.4 Å². The van der Waals surface area contributed by atoms with Gasteiger partial charge in [-0.15, -0.1) is 5.10 Å². The van der Waals surface area contributed by atoms with E-state index in [2.05, 4.69) is 34.3 Å². The fourth-order valence-corrected chi connectivity index (χ4v) is 2.36. The molecular formula is C13H17N5OS. The van der Waals surface area contributed by atoms with Crippen LogP contribution in [0.4, 0.5) is 11.6 Å². The van der Waals surface area contributed by atoms with Crippen molar-refractivity contribution in [2.24, 2.45) is 0 Å². The number of benzene rings is 1. The molecule has 6 nitrogen and oxygen atoms in total. The van der Waals surface area contributed by atoms with Crippen molar-refractivity contribution >= 4 is 29.3 Å². The van der Waals surface area contributed by atoms with Gasteiger partial charge >= 0.3 is 0 Å². The van der Waals surface area contributed by atoms with Crippen molar-refractivity contribution in [1.29, 1.82) is 0 Å². The highest BCUT2D eigenvalue weighted by Crippen LogP contribution is 2.24. The fourth-order valence-electron chi connectivity index (χ4n) is 1.75. The highest BCUT2D eigenvalue weighted by molar-refractivity contribution is 7.99. The number of hydrogen-bond acceptors (Lipinski definition) is 5. The van der Waals surface area contributed by atoms with E-state index >= 15 is 0 Å². The first-order valence-corrected chi connectivity index (χ1v) is 7.24. The molecule has 4 N–H and O–H groups in total. The molecule has 0 bridgehead atoms. The Morgan fingerprint density at radius 3 is 2.85 bits per heavy atom. The maximum absolute atomic E-state index is 11.9. The summed E-state index contributed by atoms with van der Waals surface area (Å²) in [6.07, 6.45) is 0. The van der Waals surface area contributed by atoms with Gasteiger partial charge in [-0.25, -0.2) is 5.10 Å². The van der Waals surface area contributed by atoms with Crippen molar-refractivity contribution in [3.63, 3.8) is 0 Å². The SMILES string of the molecule is CC(C)c1ccccc1NC(=O)CSc1n[nH]c(N)n1. The number of nitrogens with two attached hydrogens (primary N) is 1. The third kappa shape index (κ3) is 3.74. The van der Waals surface area contributed by atoms with Gasteiger partial charge in [0.25, 0.3) is 0 Å². The third-order valence-electron chi connectivity index (χ3n) is 2.67. The molecular weight excluding hydrogens is 274 g/mol. The standard InChI is InChI=1S/C13H17N5OS/c1-8(2)9-5-3-4-6-10(9)15-11(19)7-20-13-16-12(14)17-18-13/h3-6,8H,7H2,1-2H3,(H,15,19)(H3,14,16,17,18). The number of amides is 1. The van der Waals surface area contributed by atoms with E-state index in [-0.39, 0.29) is 17.6 Å². The van der Waals surface area contributed by atoms with Crippen LogP contribution in [0.1, 0.15) is 25.3 Å². The summed E-state index contributed by atoms with van der Waals surface area (Å²) in [6, 6.07) is 7.80. The van der Waals surface area contributed by atoms with Crippen molar-refractivity contribution in [1.82, 2.24) is 15.2 Å². The van der Waals surface area contributed by atoms with Gasteiger partial charge in [0.1, 0.15) is 0 Å². The van der Waals surface area contributed by atoms with Crippen molar-refractivity contribution in [2.45, 2.75) is 24.9 Å². The minimum Gasteiger partial charge on any atom is -0.368 e. The van der Waals surface area contributed by atoms with E-state index in [1.165, 1.54) is 11.8 Å². The molecule has 1 amide bonds. The largest absolute Gasteiger partial charge is 0.368 e. The zero-order valence-electron chi connectivity index (χ0n) is 11.4. The first kappa shape index (κ1) is 14.4. The molecule has 0 radical (unpaired) electrons. The van der Waals surface area contributed by atoms with Gasteiger partial charge in [0, 0.05) is 5.69 Å². The molecule has 1 aromatic heterocycles. The molecule has 0 spiro atoms. The summed E-state index contributed by atoms with van der Waals surface area (Å²) in [7, 11) is 0. The second kappa shape index (κ2) is 6.42. The Kier molecular flexibility index (Phi) is 4.62. The lowest BCUT2D eigenvalue weighted by Crippen LogP contribution is -2.15. The molecule has 2 rings (SSSR count). The fraction of sp³-hybridized carbons (Fsp3) is 0.308. The molecule has 7 heteroatoms. The number of para-hydroxylation sites is 1. The smallest absolute Gasteiger partial charge is 0.234 e. The Hall–Kier alpha value is -2.02. The number of nitrogen functional groups attached to an aromatic ring is 1. The number of thioether (sulfide) groups is 1. The summed E-state index contributed by atoms with van der Waals surface area (Å²) in [5.74, 6) is 0.750. The second-order valence-corrected chi connectivity index (χ2v) is 5.52. The van der Waals surface area contributed by atoms with Crippen LogP contribution in [0.5, 0.6) is 0 Å². The number of rotatable bonds is 5. The van der Waals surface area contributed by atoms with Gasteiger partial charge in [0.15, 0.2) is 0 Å². The van der Waals surface area contributed by atoms with Crippen molar-refractivity contribution in [2.75, 3.05) is 16.8 Å². The number of aromatic nitrogens is 3. The van der Waals surface area contributed by atoms with Crippen molar-refractivity contribution in [3.8, 4) is 0 Å². The van der Waals surface area contributed by atoms with Crippen LogP contribution in [0.2, 0.25) is 0 Å². The first-order valence-electron chi connectivity index (χ1n) is 6.25. The number of hydrogen-bond donors (Lipinski definition) is 3. The molecule has 0 aliphatic heterocycles. The minimum absolute atomic E-state index is 0.0912. The predicted octanol–water partition coefficient (Wildman–Crippen LogP) is 2.24. The highest BCUT2D eigenvalue weighted by Gasteiger charge is 2.10. The van der Waals surface area contributed by atoms with Crippen LogP contribution in [0, 0.1) is 0 Å². The van der Waals surface area contributed by atoms with Crippen LogP contribution in [0.3, 0.4) is 0 Å². The van der Waals surface area contributed by atoms with Crippen LogP contribution in [-0.4, -0.2) is 26.8 Å². The van der Waals surface area contributed by atoms with E-state index in [9.17, 15) is 4.79 Å². The zero-order chi connectivity index (χ0) is 14.5.